The van der Waals surface area contributed by atoms with Gasteiger partial charge in [0.1, 0.15) is 23.4 Å². The highest BCUT2D eigenvalue weighted by Gasteiger charge is 2.39. The predicted octanol–water partition coefficient (Wildman–Crippen LogP) is 5.35. The molecule has 0 aromatic heterocycles. The molecule has 0 spiro atoms. The smallest absolute Gasteiger partial charge is 0.408 e. The molecule has 8 nitrogen and oxygen atoms in total. The second-order valence-electron chi connectivity index (χ2n) is 10.3. The molecule has 2 N–H and O–H groups in total. The number of methoxy groups -OCH3 is 1. The SMILES string of the molecule is C#CN(C(=O)C(NC(=O)OC(C)(C)C)C(C)CC)C(C(=O)Nc1ccc(OC)cc1)c1c(C)cccc1C. The van der Waals surface area contributed by atoms with Gasteiger partial charge in [-0.3, -0.25) is 14.5 Å². The van der Waals surface area contributed by atoms with Crippen molar-refractivity contribution < 1.29 is 23.9 Å². The topological polar surface area (TPSA) is 97.0 Å². The van der Waals surface area contributed by atoms with Gasteiger partial charge in [-0.15, -0.1) is 0 Å². The lowest BCUT2D eigenvalue weighted by Gasteiger charge is -2.33. The summed E-state index contributed by atoms with van der Waals surface area (Å²) >= 11 is 0. The van der Waals surface area contributed by atoms with Crippen LogP contribution in [0.2, 0.25) is 0 Å². The number of amides is 3. The number of alkyl carbamates (subject to hydrolysis) is 1. The number of hydrogen-bond acceptors (Lipinski definition) is 5. The zero-order valence-electron chi connectivity index (χ0n) is 23.5. The number of aryl methyl sites for hydroxylation is 2. The van der Waals surface area contributed by atoms with Crippen LogP contribution in [-0.2, 0) is 14.3 Å². The molecule has 0 saturated heterocycles. The van der Waals surface area contributed by atoms with Gasteiger partial charge in [0.15, 0.2) is 0 Å². The van der Waals surface area contributed by atoms with Crippen LogP contribution < -0.4 is 15.4 Å². The Morgan fingerprint density at radius 3 is 2.11 bits per heavy atom. The molecule has 0 aliphatic carbocycles. The van der Waals surface area contributed by atoms with Gasteiger partial charge in [-0.2, -0.15) is 0 Å². The maximum absolute atomic E-state index is 14.0. The molecule has 0 saturated carbocycles. The van der Waals surface area contributed by atoms with Crippen molar-refractivity contribution in [2.75, 3.05) is 12.4 Å². The third-order valence-electron chi connectivity index (χ3n) is 6.21. The first-order valence-electron chi connectivity index (χ1n) is 12.6. The fraction of sp³-hybridized carbons (Fsp3) is 0.433. The second kappa shape index (κ2) is 13.0. The van der Waals surface area contributed by atoms with Crippen molar-refractivity contribution in [1.29, 1.82) is 0 Å². The van der Waals surface area contributed by atoms with E-state index >= 15 is 0 Å². The molecular weight excluding hydrogens is 482 g/mol. The van der Waals surface area contributed by atoms with Crippen molar-refractivity contribution in [3.8, 4) is 18.2 Å². The number of benzene rings is 2. The minimum Gasteiger partial charge on any atom is -0.497 e. The zero-order valence-corrected chi connectivity index (χ0v) is 23.5. The Kier molecular flexibility index (Phi) is 10.3. The molecule has 0 bridgehead atoms. The number of nitrogens with zero attached hydrogens (tertiary/aromatic N) is 1. The summed E-state index contributed by atoms with van der Waals surface area (Å²) in [6.45, 7) is 12.7. The van der Waals surface area contributed by atoms with E-state index in [2.05, 4.69) is 16.7 Å². The molecule has 0 aliphatic rings. The molecule has 2 rings (SSSR count). The maximum Gasteiger partial charge on any atom is 0.408 e. The van der Waals surface area contributed by atoms with Gasteiger partial charge in [-0.1, -0.05) is 44.9 Å². The quantitative estimate of drug-likeness (QED) is 0.343. The summed E-state index contributed by atoms with van der Waals surface area (Å²) < 4.78 is 10.6. The third-order valence-corrected chi connectivity index (χ3v) is 6.21. The largest absolute Gasteiger partial charge is 0.497 e. The lowest BCUT2D eigenvalue weighted by atomic mass is 9.92. The van der Waals surface area contributed by atoms with E-state index in [1.165, 1.54) is 0 Å². The molecule has 38 heavy (non-hydrogen) atoms. The molecule has 2 aromatic carbocycles. The van der Waals surface area contributed by atoms with Crippen molar-refractivity contribution in [1.82, 2.24) is 10.2 Å². The minimum absolute atomic E-state index is 0.283. The second-order valence-corrected chi connectivity index (χ2v) is 10.3. The van der Waals surface area contributed by atoms with E-state index < -0.39 is 35.6 Å². The van der Waals surface area contributed by atoms with Crippen LogP contribution in [0.5, 0.6) is 5.75 Å². The minimum atomic E-state index is -1.15. The van der Waals surface area contributed by atoms with Gasteiger partial charge in [0.05, 0.1) is 7.11 Å². The highest BCUT2D eigenvalue weighted by atomic mass is 16.6. The summed E-state index contributed by atoms with van der Waals surface area (Å²) in [5.74, 6) is -0.710. The first kappa shape index (κ1) is 30.2. The molecule has 0 heterocycles. The van der Waals surface area contributed by atoms with Crippen LogP contribution in [0.25, 0.3) is 0 Å². The predicted molar refractivity (Wildman–Crippen MR) is 149 cm³/mol. The number of hydrogen-bond donors (Lipinski definition) is 2. The van der Waals surface area contributed by atoms with Crippen LogP contribution in [0.1, 0.15) is 63.8 Å². The molecule has 0 radical (unpaired) electrons. The van der Waals surface area contributed by atoms with E-state index in [-0.39, 0.29) is 5.92 Å². The van der Waals surface area contributed by atoms with Crippen molar-refractivity contribution in [2.24, 2.45) is 5.92 Å². The van der Waals surface area contributed by atoms with Crippen LogP contribution in [0, 0.1) is 32.2 Å². The van der Waals surface area contributed by atoms with Gasteiger partial charge in [0.25, 0.3) is 11.8 Å². The number of rotatable bonds is 9. The number of anilines is 1. The number of terminal acetylenes is 1. The van der Waals surface area contributed by atoms with Gasteiger partial charge in [-0.25, -0.2) is 4.79 Å². The summed E-state index contributed by atoms with van der Waals surface area (Å²) in [5, 5.41) is 5.56. The molecule has 2 aromatic rings. The Morgan fingerprint density at radius 1 is 1.05 bits per heavy atom. The summed E-state index contributed by atoms with van der Waals surface area (Å²) in [6.07, 6.45) is 5.75. The van der Waals surface area contributed by atoms with Crippen LogP contribution >= 0.6 is 0 Å². The lowest BCUT2D eigenvalue weighted by Crippen LogP contribution is -2.53. The average molecular weight is 522 g/mol. The Morgan fingerprint density at radius 2 is 1.63 bits per heavy atom. The molecule has 3 amide bonds. The molecule has 0 aliphatic heterocycles. The van der Waals surface area contributed by atoms with Gasteiger partial charge in [0.2, 0.25) is 0 Å². The Balaban J connectivity index is 2.54. The first-order chi connectivity index (χ1) is 17.8. The molecule has 3 unspecified atom stereocenters. The van der Waals surface area contributed by atoms with Gasteiger partial charge < -0.3 is 20.1 Å². The Labute approximate surface area is 226 Å². The Bertz CT molecular complexity index is 1160. The molecule has 3 atom stereocenters. The lowest BCUT2D eigenvalue weighted by molar-refractivity contribution is -0.137. The molecule has 0 fully saturated rings. The van der Waals surface area contributed by atoms with Crippen molar-refractivity contribution in [3.63, 3.8) is 0 Å². The van der Waals surface area contributed by atoms with E-state index in [9.17, 15) is 14.4 Å². The third kappa shape index (κ3) is 7.75. The van der Waals surface area contributed by atoms with Crippen LogP contribution in [-0.4, -0.2) is 41.6 Å². The van der Waals surface area contributed by atoms with E-state index in [4.69, 9.17) is 15.9 Å². The monoisotopic (exact) mass is 521 g/mol. The summed E-state index contributed by atoms with van der Waals surface area (Å²) in [6, 6.07) is 12.7. The average Bonchev–Trinajstić information content (AvgIpc) is 2.85. The zero-order chi connectivity index (χ0) is 28.6. The normalized spacial score (nSPS) is 13.3. The van der Waals surface area contributed by atoms with E-state index in [1.54, 1.807) is 52.1 Å². The van der Waals surface area contributed by atoms with Gasteiger partial charge in [0, 0.05) is 11.7 Å². The van der Waals surface area contributed by atoms with E-state index in [0.29, 0.717) is 23.4 Å². The van der Waals surface area contributed by atoms with Crippen molar-refractivity contribution >= 4 is 23.6 Å². The Hall–Kier alpha value is -3.99. The van der Waals surface area contributed by atoms with Crippen LogP contribution in [0.15, 0.2) is 42.5 Å². The summed E-state index contributed by atoms with van der Waals surface area (Å²) in [4.78, 5) is 41.5. The molecule has 204 valence electrons. The summed E-state index contributed by atoms with van der Waals surface area (Å²) in [5.41, 5.74) is 1.98. The number of nitrogens with one attached hydrogen (secondary N) is 2. The summed E-state index contributed by atoms with van der Waals surface area (Å²) in [7, 11) is 1.56. The molecule has 8 heteroatoms. The van der Waals surface area contributed by atoms with Crippen LogP contribution in [0.4, 0.5) is 10.5 Å². The maximum atomic E-state index is 14.0. The van der Waals surface area contributed by atoms with E-state index in [0.717, 1.165) is 16.0 Å². The number of carbonyl (C=O) groups excluding carboxylic acids is 3. The fourth-order valence-electron chi connectivity index (χ4n) is 4.05. The highest BCUT2D eigenvalue weighted by molar-refractivity contribution is 6.00. The number of ether oxygens (including phenoxy) is 2. The van der Waals surface area contributed by atoms with Crippen molar-refractivity contribution in [2.45, 2.75) is 72.6 Å². The van der Waals surface area contributed by atoms with Crippen LogP contribution in [0.3, 0.4) is 0 Å². The van der Waals surface area contributed by atoms with Gasteiger partial charge >= 0.3 is 6.09 Å². The molecular formula is C30H39N3O5. The highest BCUT2D eigenvalue weighted by Crippen LogP contribution is 2.30. The van der Waals surface area contributed by atoms with Gasteiger partial charge in [-0.05, 0) is 81.5 Å². The van der Waals surface area contributed by atoms with Crippen molar-refractivity contribution in [3.05, 3.63) is 59.2 Å². The van der Waals surface area contributed by atoms with E-state index in [1.807, 2.05) is 45.9 Å². The fourth-order valence-corrected chi connectivity index (χ4v) is 4.05. The standard InChI is InChI=1S/C30H39N3O5/c1-10-19(3)25(32-29(36)38-30(6,7)8)28(35)33(11-2)26(24-20(4)13-12-14-21(24)5)27(34)31-22-15-17-23(37-9)18-16-22/h2,12-19,25-26H,10H2,1,3-9H3,(H,31,34)(H,32,36). The first-order valence-corrected chi connectivity index (χ1v) is 12.6. The number of carbonyl (C=O) groups is 3.